The number of hydrogen-bond donors (Lipinski definition) is 2. The lowest BCUT2D eigenvalue weighted by Gasteiger charge is -2.34. The molecule has 3 aromatic heterocycles. The van der Waals surface area contributed by atoms with Crippen LogP contribution in [-0.4, -0.2) is 95.5 Å². The highest BCUT2D eigenvalue weighted by atomic mass is 19.3. The summed E-state index contributed by atoms with van der Waals surface area (Å²) in [6, 6.07) is 9.95. The number of fused-ring (bicyclic) bond motifs is 3. The van der Waals surface area contributed by atoms with Crippen LogP contribution in [0.1, 0.15) is 98.7 Å². The van der Waals surface area contributed by atoms with Gasteiger partial charge in [0.05, 0.1) is 29.8 Å². The lowest BCUT2D eigenvalue weighted by Crippen LogP contribution is -2.44. The highest BCUT2D eigenvalue weighted by Crippen LogP contribution is 2.44. The lowest BCUT2D eigenvalue weighted by molar-refractivity contribution is -0.136. The van der Waals surface area contributed by atoms with Gasteiger partial charge in [-0.1, -0.05) is 18.6 Å². The van der Waals surface area contributed by atoms with Gasteiger partial charge in [0, 0.05) is 100 Å². The van der Waals surface area contributed by atoms with Gasteiger partial charge in [0.25, 0.3) is 6.43 Å². The number of benzene rings is 2. The quantitative estimate of drug-likeness (QED) is 0.130. The largest absolute Gasteiger partial charge is 0.343 e. The zero-order valence-corrected chi connectivity index (χ0v) is 35.7. The van der Waals surface area contributed by atoms with E-state index in [2.05, 4.69) is 25.3 Å². The summed E-state index contributed by atoms with van der Waals surface area (Å²) in [5.41, 5.74) is 5.81. The van der Waals surface area contributed by atoms with Crippen molar-refractivity contribution in [2.75, 3.05) is 38.1 Å². The Kier molecular flexibility index (Phi) is 11.6. The molecule has 2 N–H and O–H groups in total. The molecule has 0 saturated carbocycles. The van der Waals surface area contributed by atoms with Crippen LogP contribution in [0.5, 0.6) is 0 Å². The number of aromatic nitrogens is 6. The topological polar surface area (TPSA) is 165 Å². The molecule has 2 aromatic carbocycles. The fraction of sp³-hybridized carbons (Fsp3) is 0.489. The van der Waals surface area contributed by atoms with E-state index < -0.39 is 18.4 Å². The summed E-state index contributed by atoms with van der Waals surface area (Å²) in [7, 11) is 3.38. The molecular formula is C45H53F2N11O5. The standard InChI is InChI=1S/C45H53F2N11O5/c1-48-44(62)54-22-17-34-33(27-54)42(55-19-8-9-28-23-31(29-25-49-52(2)26-29)32(41(46)47)24-38(28)55)51-58(34)30-15-20-53(21-16-30)40(60)12-4-3-7-18-56-35-10-5-6-11-36(35)57(45(56)63)37-13-14-39(59)50-43(37)61/h5-6,10-11,23-26,30,37,41H,3-4,7-9,12-22,27H2,1-2H3,(H,48,62)(H,50,59,61). The number of hydrogen-bond acceptors (Lipinski definition) is 8. The number of carbonyl (C=O) groups excluding carboxylic acids is 4. The number of anilines is 2. The Labute approximate surface area is 362 Å². The Morgan fingerprint density at radius 3 is 2.46 bits per heavy atom. The van der Waals surface area contributed by atoms with E-state index >= 15 is 0 Å². The minimum atomic E-state index is -2.70. The van der Waals surface area contributed by atoms with Crippen LogP contribution in [0, 0.1) is 0 Å². The van der Waals surface area contributed by atoms with Crippen molar-refractivity contribution in [3.8, 4) is 11.1 Å². The van der Waals surface area contributed by atoms with E-state index in [1.807, 2.05) is 35.2 Å². The second kappa shape index (κ2) is 17.4. The maximum atomic E-state index is 14.7. The second-order valence-electron chi connectivity index (χ2n) is 17.1. The van der Waals surface area contributed by atoms with Crippen LogP contribution in [0.3, 0.4) is 0 Å². The first-order chi connectivity index (χ1) is 30.5. The summed E-state index contributed by atoms with van der Waals surface area (Å²) in [5.74, 6) is -0.0129. The van der Waals surface area contributed by atoms with Crippen molar-refractivity contribution in [2.24, 2.45) is 7.05 Å². The van der Waals surface area contributed by atoms with E-state index in [9.17, 15) is 32.8 Å². The molecule has 9 rings (SSSR count). The first kappa shape index (κ1) is 42.0. The molecule has 0 spiro atoms. The van der Waals surface area contributed by atoms with Gasteiger partial charge in [-0.2, -0.15) is 10.2 Å². The van der Waals surface area contributed by atoms with Gasteiger partial charge >= 0.3 is 11.7 Å². The Balaban J connectivity index is 0.865. The highest BCUT2D eigenvalue weighted by molar-refractivity contribution is 6.00. The van der Waals surface area contributed by atoms with Crippen LogP contribution in [0.2, 0.25) is 0 Å². The first-order valence-electron chi connectivity index (χ1n) is 22.1. The number of alkyl halides is 2. The summed E-state index contributed by atoms with van der Waals surface area (Å²) >= 11 is 0. The van der Waals surface area contributed by atoms with Crippen molar-refractivity contribution >= 4 is 46.3 Å². The average Bonchev–Trinajstić information content (AvgIpc) is 3.98. The van der Waals surface area contributed by atoms with Crippen LogP contribution in [0.15, 0.2) is 53.6 Å². The van der Waals surface area contributed by atoms with Gasteiger partial charge in [-0.3, -0.25) is 38.2 Å². The number of urea groups is 1. The molecule has 4 aliphatic heterocycles. The molecule has 0 aliphatic carbocycles. The molecule has 0 radical (unpaired) electrons. The van der Waals surface area contributed by atoms with Crippen molar-refractivity contribution in [3.05, 3.63) is 81.7 Å². The van der Waals surface area contributed by atoms with Gasteiger partial charge in [-0.15, -0.1) is 0 Å². The number of amides is 5. The predicted octanol–water partition coefficient (Wildman–Crippen LogP) is 5.52. The van der Waals surface area contributed by atoms with Crippen molar-refractivity contribution < 1.29 is 28.0 Å². The van der Waals surface area contributed by atoms with Crippen LogP contribution in [0.25, 0.3) is 22.2 Å². The maximum absolute atomic E-state index is 14.7. The van der Waals surface area contributed by atoms with E-state index in [0.29, 0.717) is 106 Å². The number of unbranched alkanes of at least 4 members (excludes halogenated alkanes) is 2. The summed E-state index contributed by atoms with van der Waals surface area (Å²) in [5, 5.41) is 14.6. The molecule has 0 bridgehead atoms. The minimum absolute atomic E-state index is 0.0255. The van der Waals surface area contributed by atoms with E-state index in [4.69, 9.17) is 5.10 Å². The molecular weight excluding hydrogens is 813 g/mol. The van der Waals surface area contributed by atoms with Crippen LogP contribution < -0.4 is 21.2 Å². The Hall–Kier alpha value is -6.33. The van der Waals surface area contributed by atoms with Crippen molar-refractivity contribution in [1.29, 1.82) is 0 Å². The number of aryl methyl sites for hydroxylation is 3. The third-order valence-corrected chi connectivity index (χ3v) is 13.3. The second-order valence-corrected chi connectivity index (χ2v) is 17.1. The minimum Gasteiger partial charge on any atom is -0.343 e. The first-order valence-corrected chi connectivity index (χ1v) is 22.1. The van der Waals surface area contributed by atoms with E-state index in [1.165, 1.54) is 4.57 Å². The lowest BCUT2D eigenvalue weighted by atomic mass is 9.92. The zero-order chi connectivity index (χ0) is 43.9. The van der Waals surface area contributed by atoms with Gasteiger partial charge < -0.3 is 20.0 Å². The summed E-state index contributed by atoms with van der Waals surface area (Å²) in [6.45, 7) is 3.06. The average molecular weight is 866 g/mol. The van der Waals surface area contributed by atoms with Crippen molar-refractivity contribution in [3.63, 3.8) is 0 Å². The fourth-order valence-corrected chi connectivity index (χ4v) is 10.1. The number of para-hydroxylation sites is 2. The van der Waals surface area contributed by atoms with Crippen LogP contribution in [-0.2, 0) is 47.4 Å². The molecule has 4 aliphatic rings. The molecule has 1 atom stereocenters. The number of piperidine rings is 2. The van der Waals surface area contributed by atoms with Gasteiger partial charge in [-0.05, 0) is 80.3 Å². The monoisotopic (exact) mass is 865 g/mol. The Bertz CT molecular complexity index is 2640. The Morgan fingerprint density at radius 2 is 1.73 bits per heavy atom. The van der Waals surface area contributed by atoms with E-state index in [1.54, 1.807) is 46.7 Å². The van der Waals surface area contributed by atoms with Crippen molar-refractivity contribution in [1.82, 2.24) is 49.1 Å². The normalized spacial score (nSPS) is 18.2. The van der Waals surface area contributed by atoms with Gasteiger partial charge in [0.1, 0.15) is 6.04 Å². The number of imidazole rings is 1. The number of rotatable bonds is 11. The molecule has 18 heteroatoms. The molecule has 5 amide bonds. The van der Waals surface area contributed by atoms with Gasteiger partial charge in [0.15, 0.2) is 5.82 Å². The predicted molar refractivity (Wildman–Crippen MR) is 231 cm³/mol. The molecule has 63 heavy (non-hydrogen) atoms. The highest BCUT2D eigenvalue weighted by Gasteiger charge is 2.36. The third kappa shape index (κ3) is 7.99. The van der Waals surface area contributed by atoms with E-state index in [0.717, 1.165) is 41.6 Å². The molecule has 16 nitrogen and oxygen atoms in total. The Morgan fingerprint density at radius 1 is 0.937 bits per heavy atom. The molecule has 2 fully saturated rings. The molecule has 7 heterocycles. The number of nitrogens with zero attached hydrogens (tertiary/aromatic N) is 9. The SMILES string of the molecule is CNC(=O)N1CCc2c(c(N3CCCc4cc(-c5cnn(C)c5)c(C(F)F)cc43)nn2C2CCN(C(=O)CCCCCn3c(=O)n(C4CCC(=O)NC4=O)c4ccccc43)CC2)C1. The van der Waals surface area contributed by atoms with Crippen LogP contribution >= 0.6 is 0 Å². The van der Waals surface area contributed by atoms with Crippen LogP contribution in [0.4, 0.5) is 25.1 Å². The number of imide groups is 1. The maximum Gasteiger partial charge on any atom is 0.329 e. The molecule has 1 unspecified atom stereocenters. The summed E-state index contributed by atoms with van der Waals surface area (Å²) in [6.07, 6.45) is 7.16. The third-order valence-electron chi connectivity index (χ3n) is 13.3. The van der Waals surface area contributed by atoms with Crippen molar-refractivity contribution in [2.45, 2.75) is 102 Å². The number of halogens is 2. The fourth-order valence-electron chi connectivity index (χ4n) is 10.1. The molecule has 5 aromatic rings. The molecule has 332 valence electrons. The van der Waals surface area contributed by atoms with E-state index in [-0.39, 0.29) is 48.0 Å². The number of carbonyl (C=O) groups is 4. The summed E-state index contributed by atoms with van der Waals surface area (Å²) < 4.78 is 36.4. The smallest absolute Gasteiger partial charge is 0.329 e. The van der Waals surface area contributed by atoms with Gasteiger partial charge in [0.2, 0.25) is 17.7 Å². The molecule has 2 saturated heterocycles. The summed E-state index contributed by atoms with van der Waals surface area (Å²) in [4.78, 5) is 70.2. The number of nitrogens with one attached hydrogen (secondary N) is 2. The number of likely N-dealkylation sites (tertiary alicyclic amines) is 1. The zero-order valence-electron chi connectivity index (χ0n) is 35.7. The van der Waals surface area contributed by atoms with Gasteiger partial charge in [-0.25, -0.2) is 18.4 Å².